The lowest BCUT2D eigenvalue weighted by molar-refractivity contribution is -0.179. The Balaban J connectivity index is 1.28. The lowest BCUT2D eigenvalue weighted by Crippen LogP contribution is -2.58. The van der Waals surface area contributed by atoms with Crippen LogP contribution in [-0.4, -0.2) is 109 Å². The quantitative estimate of drug-likeness (QED) is 0.0627. The second-order valence-corrected chi connectivity index (χ2v) is 21.2. The van der Waals surface area contributed by atoms with Gasteiger partial charge in [-0.1, -0.05) is 111 Å². The van der Waals surface area contributed by atoms with Gasteiger partial charge in [0.15, 0.2) is 11.5 Å². The molecule has 3 fully saturated rings. The van der Waals surface area contributed by atoms with Crippen LogP contribution in [0, 0.1) is 23.7 Å². The highest BCUT2D eigenvalue weighted by Crippen LogP contribution is 2.66. The van der Waals surface area contributed by atoms with Gasteiger partial charge in [0.1, 0.15) is 41.6 Å². The van der Waals surface area contributed by atoms with Gasteiger partial charge in [-0.05, 0) is 114 Å². The average Bonchev–Trinajstić information content (AvgIpc) is 2.68. The summed E-state index contributed by atoms with van der Waals surface area (Å²) in [4.78, 5) is 83.1. The summed E-state index contributed by atoms with van der Waals surface area (Å²) < 4.78 is 29.3. The number of fused-ring (bicyclic) bond motifs is 4. The molecule has 5 aliphatic rings. The number of nitrogens with zero attached hydrogens (tertiary/aromatic N) is 3. The zero-order valence-corrected chi connectivity index (χ0v) is 44.6. The highest BCUT2D eigenvalue weighted by molar-refractivity contribution is 6.25. The maximum atomic E-state index is 17.1. The number of cyclic esters (lactones) is 1. The third kappa shape index (κ3) is 9.62. The van der Waals surface area contributed by atoms with E-state index in [1.165, 1.54) is 14.2 Å². The van der Waals surface area contributed by atoms with Gasteiger partial charge in [0.05, 0.1) is 51.6 Å². The van der Waals surface area contributed by atoms with Crippen molar-refractivity contribution in [2.24, 2.45) is 11.8 Å². The van der Waals surface area contributed by atoms with Crippen molar-refractivity contribution in [1.29, 1.82) is 0 Å². The minimum absolute atomic E-state index is 0.0594. The number of hydrogen-bond acceptors (Lipinski definition) is 13. The number of aliphatic hydroxyl groups is 2. The first-order valence-corrected chi connectivity index (χ1v) is 26.8. The number of rotatable bonds is 12. The molecule has 5 aromatic carbocycles. The molecule has 1 saturated carbocycles. The first-order chi connectivity index (χ1) is 37.8. The number of ether oxygens (including phenoxy) is 5. The number of hydrogen-bond donors (Lipinski definition) is 3. The molecule has 0 bridgehead atoms. The molecule has 406 valence electrons. The van der Waals surface area contributed by atoms with Crippen LogP contribution in [0.5, 0.6) is 17.2 Å². The Kier molecular flexibility index (Phi) is 15.4. The largest absolute Gasteiger partial charge is 0.493 e. The maximum absolute atomic E-state index is 17.1. The van der Waals surface area contributed by atoms with Crippen molar-refractivity contribution in [3.63, 3.8) is 0 Å². The predicted octanol–water partition coefficient (Wildman–Crippen LogP) is 7.67. The molecule has 2 saturated heterocycles. The second-order valence-electron chi connectivity index (χ2n) is 21.2. The van der Waals surface area contributed by atoms with Crippen LogP contribution >= 0.6 is 0 Å². The van der Waals surface area contributed by atoms with Gasteiger partial charge in [-0.15, -0.1) is 0 Å². The Morgan fingerprint density at radius 1 is 0.795 bits per heavy atom. The zero-order valence-electron chi connectivity index (χ0n) is 44.6. The topological polar surface area (TPSA) is 194 Å². The standard InChI is InChI=1S/C62H66N4O12/c1-38(2)51(57(69)76-5)63-60(72)65-47-24-23-39(25-29-61(73)27-14-6-7-15-28-61)33-46(47)62(59(65)71)50(56(68)64-30-26-42-35-48(74-3)49(75-4)36-44(42)37-64)53-58(70)78-54(41-19-12-9-13-20-41)52(40-17-10-8-11-18-40)66(53)55(62)43-21-16-22-45(34-43)77-32-31-67/h8-13,16-24,33-36,38,50-55,67,73H,6-7,14-15,26-28,30-32,37H2,1-5H3,(H,63,72)/t50-,51-,52-,53-,54+,55+,62-/m0/s1. The first kappa shape index (κ1) is 53.7. The summed E-state index contributed by atoms with van der Waals surface area (Å²) in [5.74, 6) is 2.78. The lowest BCUT2D eigenvalue weighted by Gasteiger charge is -2.46. The Hall–Kier alpha value is -7.71. The van der Waals surface area contributed by atoms with Gasteiger partial charge in [-0.2, -0.15) is 0 Å². The Morgan fingerprint density at radius 3 is 2.12 bits per heavy atom. The van der Waals surface area contributed by atoms with Gasteiger partial charge in [-0.3, -0.25) is 19.3 Å². The van der Waals surface area contributed by atoms with E-state index >= 15 is 19.2 Å². The van der Waals surface area contributed by atoms with Gasteiger partial charge in [0, 0.05) is 18.7 Å². The maximum Gasteiger partial charge on any atom is 0.329 e. The highest BCUT2D eigenvalue weighted by atomic mass is 16.6. The minimum Gasteiger partial charge on any atom is -0.493 e. The predicted molar refractivity (Wildman–Crippen MR) is 288 cm³/mol. The van der Waals surface area contributed by atoms with Crippen molar-refractivity contribution in [2.75, 3.05) is 46.0 Å². The molecular weight excluding hydrogens is 993 g/mol. The zero-order chi connectivity index (χ0) is 54.9. The number of esters is 2. The van der Waals surface area contributed by atoms with Crippen LogP contribution < -0.4 is 24.4 Å². The number of urea groups is 1. The Morgan fingerprint density at radius 2 is 1.46 bits per heavy atom. The monoisotopic (exact) mass is 1060 g/mol. The van der Waals surface area contributed by atoms with Crippen molar-refractivity contribution in [1.82, 2.24) is 15.1 Å². The lowest BCUT2D eigenvalue weighted by atomic mass is 9.64. The summed E-state index contributed by atoms with van der Waals surface area (Å²) in [7, 11) is 4.31. The molecule has 1 aliphatic carbocycles. The van der Waals surface area contributed by atoms with Gasteiger partial charge >= 0.3 is 18.0 Å². The van der Waals surface area contributed by atoms with Crippen molar-refractivity contribution in [3.8, 4) is 29.1 Å². The van der Waals surface area contributed by atoms with Crippen LogP contribution in [0.4, 0.5) is 10.5 Å². The van der Waals surface area contributed by atoms with Crippen molar-refractivity contribution >= 4 is 35.5 Å². The third-order valence-electron chi connectivity index (χ3n) is 16.3. The molecule has 7 atom stereocenters. The number of benzene rings is 5. The van der Waals surface area contributed by atoms with Gasteiger partial charge in [0.2, 0.25) is 11.8 Å². The molecular formula is C62H66N4O12. The molecule has 10 rings (SSSR count). The molecule has 1 spiro atoms. The summed E-state index contributed by atoms with van der Waals surface area (Å²) >= 11 is 0. The number of nitrogens with one attached hydrogen (secondary N) is 1. The summed E-state index contributed by atoms with van der Waals surface area (Å²) in [6.45, 7) is 3.38. The summed E-state index contributed by atoms with van der Waals surface area (Å²) in [5.41, 5.74) is 0.791. The number of carbonyl (C=O) groups excluding carboxylic acids is 5. The van der Waals surface area contributed by atoms with E-state index in [-0.39, 0.29) is 37.6 Å². The van der Waals surface area contributed by atoms with Crippen LogP contribution in [0.25, 0.3) is 0 Å². The SMILES string of the molecule is COC(=O)[C@@H](NC(=O)N1C(=O)[C@@]2(c3cc(C#CC4(O)CCCCCC4)ccc31)[C@H](C(=O)N1CCc3cc(OC)c(OC)cc3C1)[C@H]1C(=O)O[C@H](c3ccccc3)[C@H](c3ccccc3)N1[C@@H]2c1cccc(OCCO)c1)C(C)C. The molecule has 4 aliphatic heterocycles. The van der Waals surface area contributed by atoms with Crippen LogP contribution in [0.15, 0.2) is 115 Å². The van der Waals surface area contributed by atoms with Crippen LogP contribution in [-0.2, 0) is 47.0 Å². The number of morpholine rings is 1. The second kappa shape index (κ2) is 22.3. The molecule has 0 radical (unpaired) electrons. The summed E-state index contributed by atoms with van der Waals surface area (Å²) in [6.07, 6.45) is 3.91. The average molecular weight is 1060 g/mol. The number of carbonyl (C=O) groups is 5. The number of amides is 4. The summed E-state index contributed by atoms with van der Waals surface area (Å²) in [6, 6.07) is 28.8. The molecule has 78 heavy (non-hydrogen) atoms. The molecule has 16 nitrogen and oxygen atoms in total. The van der Waals surface area contributed by atoms with E-state index in [2.05, 4.69) is 17.2 Å². The van der Waals surface area contributed by atoms with Crippen molar-refractivity contribution in [2.45, 2.75) is 107 Å². The first-order valence-electron chi connectivity index (χ1n) is 26.8. The summed E-state index contributed by atoms with van der Waals surface area (Å²) in [5, 5.41) is 24.6. The van der Waals surface area contributed by atoms with E-state index in [4.69, 9.17) is 23.7 Å². The molecule has 4 amide bonds. The van der Waals surface area contributed by atoms with Crippen LogP contribution in [0.2, 0.25) is 0 Å². The van der Waals surface area contributed by atoms with Gasteiger partial charge in [0.25, 0.3) is 0 Å². The van der Waals surface area contributed by atoms with Crippen molar-refractivity contribution < 1.29 is 57.9 Å². The molecule has 0 unspecified atom stereocenters. The van der Waals surface area contributed by atoms with E-state index in [0.717, 1.165) is 41.7 Å². The van der Waals surface area contributed by atoms with Gasteiger partial charge < -0.3 is 44.1 Å². The van der Waals surface area contributed by atoms with E-state index in [1.807, 2.05) is 83.8 Å². The fourth-order valence-electron chi connectivity index (χ4n) is 12.6. The number of methoxy groups -OCH3 is 3. The highest BCUT2D eigenvalue weighted by Gasteiger charge is 2.76. The van der Waals surface area contributed by atoms with Gasteiger partial charge in [-0.25, -0.2) is 14.5 Å². The third-order valence-corrected chi connectivity index (χ3v) is 16.3. The molecule has 5 aromatic rings. The number of imide groups is 1. The molecule has 4 heterocycles. The molecule has 0 aromatic heterocycles. The number of aliphatic hydroxyl groups excluding tert-OH is 1. The van der Waals surface area contributed by atoms with E-state index in [0.29, 0.717) is 58.8 Å². The van der Waals surface area contributed by atoms with E-state index < -0.39 is 82.9 Å². The molecule has 16 heteroatoms. The van der Waals surface area contributed by atoms with E-state index in [9.17, 15) is 15.0 Å². The molecule has 3 N–H and O–H groups in total. The van der Waals surface area contributed by atoms with Crippen LogP contribution in [0.1, 0.15) is 110 Å². The van der Waals surface area contributed by atoms with Crippen LogP contribution in [0.3, 0.4) is 0 Å². The minimum atomic E-state index is -2.17. The Bertz CT molecular complexity index is 3150. The Labute approximate surface area is 454 Å². The number of anilines is 1. The van der Waals surface area contributed by atoms with E-state index in [1.54, 1.807) is 62.3 Å². The van der Waals surface area contributed by atoms with Crippen molar-refractivity contribution in [3.05, 3.63) is 154 Å². The normalized spacial score (nSPS) is 23.7. The fourth-order valence-corrected chi connectivity index (χ4v) is 12.6. The fraction of sp³-hybridized carbons (Fsp3) is 0.403. The smallest absolute Gasteiger partial charge is 0.329 e.